The number of benzene rings is 2. The number of nitrogens with zero attached hydrogens (tertiary/aromatic N) is 1. The van der Waals surface area contributed by atoms with Gasteiger partial charge < -0.3 is 9.64 Å². The second-order valence-electron chi connectivity index (χ2n) is 6.17. The van der Waals surface area contributed by atoms with Crippen LogP contribution in [0.15, 0.2) is 53.4 Å². The van der Waals surface area contributed by atoms with Gasteiger partial charge in [0.25, 0.3) is 0 Å². The molecule has 3 rings (SSSR count). The SMILES string of the molecule is C#CCN(C(=O)CSc1ccc(OCC)cc1)[C@H]1CCc2ccccc21. The van der Waals surface area contributed by atoms with Crippen LogP contribution in [0.25, 0.3) is 0 Å². The molecule has 0 saturated carbocycles. The number of amides is 1. The minimum Gasteiger partial charge on any atom is -0.494 e. The summed E-state index contributed by atoms with van der Waals surface area (Å²) in [7, 11) is 0. The van der Waals surface area contributed by atoms with E-state index in [2.05, 4.69) is 24.1 Å². The van der Waals surface area contributed by atoms with Crippen molar-refractivity contribution in [2.24, 2.45) is 0 Å². The van der Waals surface area contributed by atoms with Crippen molar-refractivity contribution in [3.05, 3.63) is 59.7 Å². The van der Waals surface area contributed by atoms with Crippen LogP contribution in [0, 0.1) is 12.3 Å². The largest absolute Gasteiger partial charge is 0.494 e. The molecule has 1 amide bonds. The fraction of sp³-hybridized carbons (Fsp3) is 0.318. The van der Waals surface area contributed by atoms with Crippen LogP contribution in [-0.4, -0.2) is 29.7 Å². The Hall–Kier alpha value is -2.38. The van der Waals surface area contributed by atoms with Crippen LogP contribution in [0.2, 0.25) is 0 Å². The van der Waals surface area contributed by atoms with Crippen molar-refractivity contribution in [2.75, 3.05) is 18.9 Å². The Kier molecular flexibility index (Phi) is 6.25. The lowest BCUT2D eigenvalue weighted by Gasteiger charge is -2.28. The highest BCUT2D eigenvalue weighted by atomic mass is 32.2. The van der Waals surface area contributed by atoms with E-state index in [1.165, 1.54) is 22.9 Å². The van der Waals surface area contributed by atoms with Gasteiger partial charge in [0.2, 0.25) is 5.91 Å². The molecule has 134 valence electrons. The number of carbonyl (C=O) groups excluding carboxylic acids is 1. The normalized spacial score (nSPS) is 15.2. The van der Waals surface area contributed by atoms with Gasteiger partial charge in [-0.2, -0.15) is 0 Å². The molecule has 0 heterocycles. The van der Waals surface area contributed by atoms with Crippen molar-refractivity contribution in [1.82, 2.24) is 4.90 Å². The fourth-order valence-electron chi connectivity index (χ4n) is 3.36. The van der Waals surface area contributed by atoms with Gasteiger partial charge in [-0.1, -0.05) is 30.2 Å². The number of carbonyl (C=O) groups is 1. The molecular weight excluding hydrogens is 342 g/mol. The molecule has 0 bridgehead atoms. The number of fused-ring (bicyclic) bond motifs is 1. The van der Waals surface area contributed by atoms with E-state index in [4.69, 9.17) is 11.2 Å². The van der Waals surface area contributed by atoms with Gasteiger partial charge >= 0.3 is 0 Å². The summed E-state index contributed by atoms with van der Waals surface area (Å²) < 4.78 is 5.45. The number of aryl methyl sites for hydroxylation is 1. The smallest absolute Gasteiger partial charge is 0.234 e. The number of ether oxygens (including phenoxy) is 1. The first kappa shape index (κ1) is 18.4. The van der Waals surface area contributed by atoms with Crippen molar-refractivity contribution >= 4 is 17.7 Å². The van der Waals surface area contributed by atoms with Gasteiger partial charge in [0.05, 0.1) is 24.9 Å². The van der Waals surface area contributed by atoms with Crippen LogP contribution in [0.5, 0.6) is 5.75 Å². The molecule has 1 atom stereocenters. The number of hydrogen-bond acceptors (Lipinski definition) is 3. The maximum atomic E-state index is 12.9. The zero-order valence-corrected chi connectivity index (χ0v) is 15.8. The second-order valence-corrected chi connectivity index (χ2v) is 7.22. The van der Waals surface area contributed by atoms with Crippen molar-refractivity contribution in [2.45, 2.75) is 30.7 Å². The summed E-state index contributed by atoms with van der Waals surface area (Å²) in [4.78, 5) is 15.8. The van der Waals surface area contributed by atoms with E-state index < -0.39 is 0 Å². The van der Waals surface area contributed by atoms with Crippen LogP contribution in [0.4, 0.5) is 0 Å². The van der Waals surface area contributed by atoms with Crippen molar-refractivity contribution in [3.63, 3.8) is 0 Å². The van der Waals surface area contributed by atoms with Crippen LogP contribution in [-0.2, 0) is 11.2 Å². The van der Waals surface area contributed by atoms with Gasteiger partial charge in [-0.15, -0.1) is 18.2 Å². The average Bonchev–Trinajstić information content (AvgIpc) is 3.09. The minimum atomic E-state index is 0.0866. The first-order valence-corrected chi connectivity index (χ1v) is 9.88. The molecule has 0 unspecified atom stereocenters. The van der Waals surface area contributed by atoms with E-state index in [0.29, 0.717) is 18.9 Å². The monoisotopic (exact) mass is 365 g/mol. The molecule has 0 spiro atoms. The average molecular weight is 365 g/mol. The third kappa shape index (κ3) is 4.23. The van der Waals surface area contributed by atoms with Crippen LogP contribution in [0.3, 0.4) is 0 Å². The summed E-state index contributed by atoms with van der Waals surface area (Å²) >= 11 is 1.53. The van der Waals surface area contributed by atoms with E-state index in [-0.39, 0.29) is 11.9 Å². The molecule has 0 fully saturated rings. The minimum absolute atomic E-state index is 0.0866. The summed E-state index contributed by atoms with van der Waals surface area (Å²) in [5, 5.41) is 0. The number of thioether (sulfide) groups is 1. The molecule has 0 aromatic heterocycles. The molecule has 1 aliphatic rings. The number of hydrogen-bond donors (Lipinski definition) is 0. The van der Waals surface area contributed by atoms with Crippen molar-refractivity contribution < 1.29 is 9.53 Å². The van der Waals surface area contributed by atoms with Gasteiger partial charge in [-0.05, 0) is 55.2 Å². The van der Waals surface area contributed by atoms with Gasteiger partial charge in [-0.25, -0.2) is 0 Å². The Labute approximate surface area is 159 Å². The van der Waals surface area contributed by atoms with Crippen LogP contribution < -0.4 is 4.74 Å². The molecule has 0 aliphatic heterocycles. The van der Waals surface area contributed by atoms with E-state index in [1.54, 1.807) is 0 Å². The topological polar surface area (TPSA) is 29.5 Å². The highest BCUT2D eigenvalue weighted by molar-refractivity contribution is 8.00. The van der Waals surface area contributed by atoms with Gasteiger partial charge in [0.1, 0.15) is 5.75 Å². The highest BCUT2D eigenvalue weighted by Gasteiger charge is 2.30. The van der Waals surface area contributed by atoms with Gasteiger partial charge in [0, 0.05) is 4.90 Å². The molecule has 3 nitrogen and oxygen atoms in total. The molecule has 1 aliphatic carbocycles. The third-order valence-electron chi connectivity index (χ3n) is 4.56. The van der Waals surface area contributed by atoms with Crippen LogP contribution in [0.1, 0.15) is 30.5 Å². The van der Waals surface area contributed by atoms with Crippen molar-refractivity contribution in [1.29, 1.82) is 0 Å². The summed E-state index contributed by atoms with van der Waals surface area (Å²) in [5.74, 6) is 3.97. The highest BCUT2D eigenvalue weighted by Crippen LogP contribution is 2.36. The zero-order chi connectivity index (χ0) is 18.4. The van der Waals surface area contributed by atoms with Gasteiger partial charge in [-0.3, -0.25) is 4.79 Å². The van der Waals surface area contributed by atoms with E-state index in [1.807, 2.05) is 42.2 Å². The maximum absolute atomic E-state index is 12.9. The van der Waals surface area contributed by atoms with E-state index in [0.717, 1.165) is 23.5 Å². The Morgan fingerprint density at radius 3 is 2.77 bits per heavy atom. The molecule has 2 aromatic rings. The van der Waals surface area contributed by atoms with E-state index >= 15 is 0 Å². The molecular formula is C22H23NO2S. The predicted molar refractivity (Wildman–Crippen MR) is 106 cm³/mol. The molecule has 26 heavy (non-hydrogen) atoms. The molecule has 0 saturated heterocycles. The van der Waals surface area contributed by atoms with Crippen LogP contribution >= 0.6 is 11.8 Å². The zero-order valence-electron chi connectivity index (χ0n) is 15.0. The standard InChI is InChI=1S/C22H23NO2S/c1-3-15-23(21-14-9-17-7-5-6-8-20(17)21)22(24)16-26-19-12-10-18(11-13-19)25-4-2/h1,5-8,10-13,21H,4,9,14-16H2,2H3/t21-/m0/s1. The second kappa shape index (κ2) is 8.82. The molecule has 0 radical (unpaired) electrons. The summed E-state index contributed by atoms with van der Waals surface area (Å²) in [6.07, 6.45) is 7.49. The molecule has 0 N–H and O–H groups in total. The Balaban J connectivity index is 1.65. The lowest BCUT2D eigenvalue weighted by atomic mass is 10.1. The maximum Gasteiger partial charge on any atom is 0.234 e. The lowest BCUT2D eigenvalue weighted by molar-refractivity contribution is -0.130. The molecule has 4 heteroatoms. The summed E-state index contributed by atoms with van der Waals surface area (Å²) in [6, 6.07) is 16.3. The third-order valence-corrected chi connectivity index (χ3v) is 5.55. The van der Waals surface area contributed by atoms with Crippen molar-refractivity contribution in [3.8, 4) is 18.1 Å². The van der Waals surface area contributed by atoms with E-state index in [9.17, 15) is 4.79 Å². The quantitative estimate of drug-likeness (QED) is 0.540. The number of terminal acetylenes is 1. The Morgan fingerprint density at radius 1 is 1.27 bits per heavy atom. The predicted octanol–water partition coefficient (Wildman–Crippen LogP) is 4.33. The molecule has 2 aromatic carbocycles. The summed E-state index contributed by atoms with van der Waals surface area (Å²) in [5.41, 5.74) is 2.56. The van der Waals surface area contributed by atoms with Gasteiger partial charge in [0.15, 0.2) is 0 Å². The lowest BCUT2D eigenvalue weighted by Crippen LogP contribution is -2.35. The Bertz CT molecular complexity index is 795. The summed E-state index contributed by atoms with van der Waals surface area (Å²) in [6.45, 7) is 2.96. The fourth-order valence-corrected chi connectivity index (χ4v) is 4.14. The Morgan fingerprint density at radius 2 is 2.04 bits per heavy atom. The number of rotatable bonds is 7. The first-order chi connectivity index (χ1) is 12.7. The first-order valence-electron chi connectivity index (χ1n) is 8.89.